The maximum absolute atomic E-state index is 12.2. The maximum Gasteiger partial charge on any atom is 0.326 e. The van der Waals surface area contributed by atoms with Gasteiger partial charge in [-0.15, -0.1) is 0 Å². The van der Waals surface area contributed by atoms with Gasteiger partial charge in [0.25, 0.3) is 0 Å². The molecule has 122 valence electrons. The first kappa shape index (κ1) is 16.1. The van der Waals surface area contributed by atoms with Crippen molar-refractivity contribution in [2.24, 2.45) is 11.8 Å². The van der Waals surface area contributed by atoms with Crippen molar-refractivity contribution in [1.29, 1.82) is 0 Å². The van der Waals surface area contributed by atoms with E-state index in [9.17, 15) is 14.7 Å². The molecule has 1 aromatic heterocycles. The van der Waals surface area contributed by atoms with E-state index in [0.717, 1.165) is 33.8 Å². The van der Waals surface area contributed by atoms with Gasteiger partial charge in [-0.3, -0.25) is 4.79 Å². The summed E-state index contributed by atoms with van der Waals surface area (Å²) in [6.07, 6.45) is 4.17. The lowest BCUT2D eigenvalue weighted by Crippen LogP contribution is -2.44. The number of aliphatic carboxylic acids is 1. The van der Waals surface area contributed by atoms with Crippen LogP contribution in [-0.2, 0) is 16.0 Å². The zero-order chi connectivity index (χ0) is 16.6. The average molecular weight is 379 g/mol. The van der Waals surface area contributed by atoms with Gasteiger partial charge in [-0.25, -0.2) is 4.79 Å². The smallest absolute Gasteiger partial charge is 0.326 e. The fourth-order valence-electron chi connectivity index (χ4n) is 2.90. The summed E-state index contributed by atoms with van der Waals surface area (Å²) in [5, 5.41) is 13.1. The van der Waals surface area contributed by atoms with E-state index in [-0.39, 0.29) is 18.2 Å². The molecular formula is C17H19BrN2O3. The minimum Gasteiger partial charge on any atom is -0.480 e. The monoisotopic (exact) mass is 378 g/mol. The normalized spacial score (nSPS) is 17.0. The zero-order valence-electron chi connectivity index (χ0n) is 12.8. The number of carbonyl (C=O) groups is 2. The van der Waals surface area contributed by atoms with Crippen molar-refractivity contribution in [1.82, 2.24) is 10.3 Å². The van der Waals surface area contributed by atoms with E-state index in [2.05, 4.69) is 26.2 Å². The number of carboxylic acids is 1. The Labute approximate surface area is 142 Å². The fourth-order valence-corrected chi connectivity index (χ4v) is 3.52. The summed E-state index contributed by atoms with van der Waals surface area (Å²) >= 11 is 3.50. The molecule has 2 atom stereocenters. The lowest BCUT2D eigenvalue weighted by Gasteiger charge is -2.17. The van der Waals surface area contributed by atoms with Crippen LogP contribution in [0.25, 0.3) is 10.9 Å². The third-order valence-corrected chi connectivity index (χ3v) is 5.18. The highest BCUT2D eigenvalue weighted by Gasteiger charge is 2.34. The van der Waals surface area contributed by atoms with Crippen LogP contribution < -0.4 is 5.32 Å². The van der Waals surface area contributed by atoms with E-state index in [4.69, 9.17) is 0 Å². The first-order valence-corrected chi connectivity index (χ1v) is 8.54. The molecule has 1 aliphatic carbocycles. The highest BCUT2D eigenvalue weighted by atomic mass is 79.9. The highest BCUT2D eigenvalue weighted by Crippen LogP contribution is 2.36. The van der Waals surface area contributed by atoms with Crippen molar-refractivity contribution in [3.05, 3.63) is 34.4 Å². The SMILES string of the molecule is CC(C(=O)NC(Cc1c[nH]c2cccc(Br)c12)C(=O)O)C1CC1. The van der Waals surface area contributed by atoms with Gasteiger partial charge in [-0.1, -0.05) is 28.9 Å². The minimum absolute atomic E-state index is 0.119. The Kier molecular flexibility index (Phi) is 4.43. The number of H-pyrrole nitrogens is 1. The number of carboxylic acid groups (broad SMARTS) is 1. The van der Waals surface area contributed by atoms with Crippen LogP contribution in [0, 0.1) is 11.8 Å². The maximum atomic E-state index is 12.2. The van der Waals surface area contributed by atoms with Gasteiger partial charge < -0.3 is 15.4 Å². The molecule has 1 saturated carbocycles. The van der Waals surface area contributed by atoms with Gasteiger partial charge in [0.2, 0.25) is 5.91 Å². The van der Waals surface area contributed by atoms with Crippen molar-refractivity contribution in [2.45, 2.75) is 32.2 Å². The summed E-state index contributed by atoms with van der Waals surface area (Å²) < 4.78 is 0.910. The lowest BCUT2D eigenvalue weighted by atomic mass is 10.0. The number of aromatic nitrogens is 1. The number of halogens is 1. The Morgan fingerprint density at radius 2 is 2.17 bits per heavy atom. The first-order chi connectivity index (χ1) is 11.0. The Hall–Kier alpha value is -1.82. The fraction of sp³-hybridized carbons (Fsp3) is 0.412. The molecule has 1 aromatic carbocycles. The van der Waals surface area contributed by atoms with Gasteiger partial charge >= 0.3 is 5.97 Å². The summed E-state index contributed by atoms with van der Waals surface area (Å²) in [6.45, 7) is 1.87. The molecule has 0 aliphatic heterocycles. The molecule has 0 bridgehead atoms. The molecule has 23 heavy (non-hydrogen) atoms. The molecule has 6 heteroatoms. The van der Waals surface area contributed by atoms with Crippen LogP contribution in [0.15, 0.2) is 28.9 Å². The third-order valence-electron chi connectivity index (χ3n) is 4.52. The Balaban J connectivity index is 1.78. The zero-order valence-corrected chi connectivity index (χ0v) is 14.4. The van der Waals surface area contributed by atoms with Crippen molar-refractivity contribution in [3.63, 3.8) is 0 Å². The average Bonchev–Trinajstić information content (AvgIpc) is 3.27. The van der Waals surface area contributed by atoms with Gasteiger partial charge in [0, 0.05) is 33.9 Å². The molecule has 1 fully saturated rings. The topological polar surface area (TPSA) is 82.2 Å². The lowest BCUT2D eigenvalue weighted by molar-refractivity contribution is -0.142. The number of nitrogens with one attached hydrogen (secondary N) is 2. The second-order valence-corrected chi connectivity index (χ2v) is 7.06. The van der Waals surface area contributed by atoms with E-state index < -0.39 is 12.0 Å². The van der Waals surface area contributed by atoms with Gasteiger partial charge in [-0.05, 0) is 36.5 Å². The van der Waals surface area contributed by atoms with E-state index >= 15 is 0 Å². The summed E-state index contributed by atoms with van der Waals surface area (Å²) in [4.78, 5) is 26.9. The van der Waals surface area contributed by atoms with Gasteiger partial charge in [0.05, 0.1) is 0 Å². The summed E-state index contributed by atoms with van der Waals surface area (Å²) in [7, 11) is 0. The minimum atomic E-state index is -1.01. The standard InChI is InChI=1S/C17H19BrN2O3/c1-9(10-5-6-10)16(21)20-14(17(22)23)7-11-8-19-13-4-2-3-12(18)15(11)13/h2-4,8-10,14,19H,5-7H2,1H3,(H,20,21)(H,22,23). The summed E-state index contributed by atoms with van der Waals surface area (Å²) in [6, 6.07) is 4.85. The van der Waals surface area contributed by atoms with Gasteiger partial charge in [-0.2, -0.15) is 0 Å². The Morgan fingerprint density at radius 1 is 1.43 bits per heavy atom. The van der Waals surface area contributed by atoms with Gasteiger partial charge in [0.1, 0.15) is 6.04 Å². The number of aromatic amines is 1. The second-order valence-electron chi connectivity index (χ2n) is 6.21. The van der Waals surface area contributed by atoms with Crippen molar-refractivity contribution in [3.8, 4) is 0 Å². The van der Waals surface area contributed by atoms with Crippen LogP contribution in [0.4, 0.5) is 0 Å². The Bertz CT molecular complexity index is 751. The largest absolute Gasteiger partial charge is 0.480 e. The molecule has 1 aliphatic rings. The van der Waals surface area contributed by atoms with Gasteiger partial charge in [0.15, 0.2) is 0 Å². The van der Waals surface area contributed by atoms with E-state index in [1.165, 1.54) is 0 Å². The van der Waals surface area contributed by atoms with Crippen LogP contribution in [0.2, 0.25) is 0 Å². The van der Waals surface area contributed by atoms with Crippen LogP contribution in [0.3, 0.4) is 0 Å². The van der Waals surface area contributed by atoms with Crippen LogP contribution >= 0.6 is 15.9 Å². The molecule has 1 amide bonds. The van der Waals surface area contributed by atoms with Crippen molar-refractivity contribution < 1.29 is 14.7 Å². The number of hydrogen-bond donors (Lipinski definition) is 3. The second kappa shape index (κ2) is 6.35. The van der Waals surface area contributed by atoms with Crippen LogP contribution in [0.1, 0.15) is 25.3 Å². The molecule has 0 saturated heterocycles. The van der Waals surface area contributed by atoms with Crippen molar-refractivity contribution >= 4 is 38.7 Å². The molecule has 5 nitrogen and oxygen atoms in total. The van der Waals surface area contributed by atoms with Crippen LogP contribution in [0.5, 0.6) is 0 Å². The molecular weight excluding hydrogens is 360 g/mol. The predicted molar refractivity (Wildman–Crippen MR) is 91.2 cm³/mol. The molecule has 2 aromatic rings. The summed E-state index contributed by atoms with van der Waals surface area (Å²) in [5.74, 6) is -0.889. The molecule has 1 heterocycles. The molecule has 0 spiro atoms. The summed E-state index contributed by atoms with van der Waals surface area (Å²) in [5.41, 5.74) is 1.82. The predicted octanol–water partition coefficient (Wildman–Crippen LogP) is 3.09. The molecule has 3 N–H and O–H groups in total. The van der Waals surface area contributed by atoms with E-state index in [0.29, 0.717) is 5.92 Å². The third kappa shape index (κ3) is 3.42. The van der Waals surface area contributed by atoms with Crippen molar-refractivity contribution in [2.75, 3.05) is 0 Å². The number of fused-ring (bicyclic) bond motifs is 1. The van der Waals surface area contributed by atoms with E-state index in [1.807, 2.05) is 31.3 Å². The first-order valence-electron chi connectivity index (χ1n) is 7.75. The number of benzene rings is 1. The quantitative estimate of drug-likeness (QED) is 0.722. The molecule has 2 unspecified atom stereocenters. The molecule has 0 radical (unpaired) electrons. The number of carbonyl (C=O) groups excluding carboxylic acids is 1. The van der Waals surface area contributed by atoms with Crippen LogP contribution in [-0.4, -0.2) is 28.0 Å². The highest BCUT2D eigenvalue weighted by molar-refractivity contribution is 9.10. The number of rotatable bonds is 6. The molecule has 3 rings (SSSR count). The Morgan fingerprint density at radius 3 is 2.83 bits per heavy atom. The van der Waals surface area contributed by atoms with E-state index in [1.54, 1.807) is 0 Å². The number of hydrogen-bond acceptors (Lipinski definition) is 2. The number of amides is 1.